The number of amides is 2. The third-order valence-electron chi connectivity index (χ3n) is 6.24. The topological polar surface area (TPSA) is 48.5 Å². The Bertz CT molecular complexity index is 777. The van der Waals surface area contributed by atoms with E-state index in [2.05, 4.69) is 50.9 Å². The molecule has 28 heavy (non-hydrogen) atoms. The molecule has 2 aromatic rings. The van der Waals surface area contributed by atoms with Gasteiger partial charge in [0.2, 0.25) is 0 Å². The average molecular weight is 399 g/mol. The number of aromatic nitrogens is 1. The van der Waals surface area contributed by atoms with E-state index in [1.165, 1.54) is 18.4 Å². The SMILES string of the molecule is Cc1nc(CN2CCN(C(=O)NCC3(c4ccccc4)CCCC3)CC2)cs1. The summed E-state index contributed by atoms with van der Waals surface area (Å²) in [6.45, 7) is 7.07. The number of nitrogens with zero attached hydrogens (tertiary/aromatic N) is 3. The van der Waals surface area contributed by atoms with Crippen molar-refractivity contribution in [3.63, 3.8) is 0 Å². The Morgan fingerprint density at radius 2 is 1.86 bits per heavy atom. The zero-order chi connectivity index (χ0) is 19.4. The molecule has 1 N–H and O–H groups in total. The van der Waals surface area contributed by atoms with Gasteiger partial charge in [0.25, 0.3) is 0 Å². The highest BCUT2D eigenvalue weighted by atomic mass is 32.1. The second-order valence-electron chi connectivity index (χ2n) is 8.13. The van der Waals surface area contributed by atoms with Gasteiger partial charge >= 0.3 is 6.03 Å². The summed E-state index contributed by atoms with van der Waals surface area (Å²) in [7, 11) is 0. The quantitative estimate of drug-likeness (QED) is 0.834. The van der Waals surface area contributed by atoms with Crippen molar-refractivity contribution in [2.24, 2.45) is 0 Å². The predicted octanol–water partition coefficient (Wildman–Crippen LogP) is 3.79. The number of urea groups is 1. The van der Waals surface area contributed by atoms with Gasteiger partial charge in [0, 0.05) is 50.1 Å². The molecule has 2 heterocycles. The molecule has 1 aliphatic carbocycles. The number of thiazole rings is 1. The molecule has 1 aromatic heterocycles. The monoisotopic (exact) mass is 398 g/mol. The second-order valence-corrected chi connectivity index (χ2v) is 9.20. The Kier molecular flexibility index (Phi) is 5.97. The van der Waals surface area contributed by atoms with Crippen LogP contribution in [-0.4, -0.2) is 53.5 Å². The molecule has 1 aliphatic heterocycles. The summed E-state index contributed by atoms with van der Waals surface area (Å²) in [5.74, 6) is 0. The number of hydrogen-bond acceptors (Lipinski definition) is 4. The Morgan fingerprint density at radius 1 is 1.14 bits per heavy atom. The van der Waals surface area contributed by atoms with Crippen molar-refractivity contribution in [3.8, 4) is 0 Å². The number of hydrogen-bond donors (Lipinski definition) is 1. The maximum absolute atomic E-state index is 12.8. The van der Waals surface area contributed by atoms with Crippen molar-refractivity contribution in [2.75, 3.05) is 32.7 Å². The molecule has 0 atom stereocenters. The summed E-state index contributed by atoms with van der Waals surface area (Å²) >= 11 is 1.70. The van der Waals surface area contributed by atoms with Crippen LogP contribution in [0.15, 0.2) is 35.7 Å². The first-order valence-corrected chi connectivity index (χ1v) is 11.2. The van der Waals surface area contributed by atoms with Crippen LogP contribution < -0.4 is 5.32 Å². The maximum Gasteiger partial charge on any atom is 0.317 e. The van der Waals surface area contributed by atoms with Gasteiger partial charge in [-0.2, -0.15) is 0 Å². The molecule has 0 spiro atoms. The van der Waals surface area contributed by atoms with Crippen molar-refractivity contribution >= 4 is 17.4 Å². The van der Waals surface area contributed by atoms with Crippen molar-refractivity contribution in [1.82, 2.24) is 20.1 Å². The van der Waals surface area contributed by atoms with E-state index in [1.54, 1.807) is 11.3 Å². The summed E-state index contributed by atoms with van der Waals surface area (Å²) < 4.78 is 0. The first-order valence-electron chi connectivity index (χ1n) is 10.4. The molecule has 1 saturated heterocycles. The van der Waals surface area contributed by atoms with E-state index in [4.69, 9.17) is 0 Å². The molecule has 2 aliphatic rings. The van der Waals surface area contributed by atoms with E-state index in [0.29, 0.717) is 0 Å². The lowest BCUT2D eigenvalue weighted by molar-refractivity contribution is 0.133. The van der Waals surface area contributed by atoms with Crippen LogP contribution >= 0.6 is 11.3 Å². The maximum atomic E-state index is 12.8. The summed E-state index contributed by atoms with van der Waals surface area (Å²) in [6, 6.07) is 10.8. The molecular weight excluding hydrogens is 368 g/mol. The normalized spacial score (nSPS) is 19.7. The molecule has 0 bridgehead atoms. The summed E-state index contributed by atoms with van der Waals surface area (Å²) in [5, 5.41) is 6.52. The van der Waals surface area contributed by atoms with Crippen LogP contribution in [0.1, 0.15) is 41.9 Å². The van der Waals surface area contributed by atoms with Gasteiger partial charge in [-0.15, -0.1) is 11.3 Å². The zero-order valence-corrected chi connectivity index (χ0v) is 17.5. The lowest BCUT2D eigenvalue weighted by atomic mass is 9.79. The minimum Gasteiger partial charge on any atom is -0.337 e. The van der Waals surface area contributed by atoms with Gasteiger partial charge in [-0.05, 0) is 25.3 Å². The van der Waals surface area contributed by atoms with Crippen molar-refractivity contribution in [2.45, 2.75) is 44.6 Å². The number of piperazine rings is 1. The van der Waals surface area contributed by atoms with Gasteiger partial charge in [-0.3, -0.25) is 4.90 Å². The van der Waals surface area contributed by atoms with Crippen LogP contribution in [0.5, 0.6) is 0 Å². The van der Waals surface area contributed by atoms with Crippen LogP contribution in [0.3, 0.4) is 0 Å². The van der Waals surface area contributed by atoms with Crippen LogP contribution in [-0.2, 0) is 12.0 Å². The zero-order valence-electron chi connectivity index (χ0n) is 16.7. The van der Waals surface area contributed by atoms with E-state index < -0.39 is 0 Å². The fourth-order valence-electron chi connectivity index (χ4n) is 4.59. The number of benzene rings is 1. The average Bonchev–Trinajstić information content (AvgIpc) is 3.37. The highest BCUT2D eigenvalue weighted by molar-refractivity contribution is 7.09. The Morgan fingerprint density at radius 3 is 2.50 bits per heavy atom. The Labute approximate surface area is 171 Å². The van der Waals surface area contributed by atoms with Gasteiger partial charge in [-0.25, -0.2) is 9.78 Å². The highest BCUT2D eigenvalue weighted by Gasteiger charge is 2.36. The lowest BCUT2D eigenvalue weighted by Gasteiger charge is -2.36. The minimum atomic E-state index is 0.0892. The molecule has 0 radical (unpaired) electrons. The van der Waals surface area contributed by atoms with Gasteiger partial charge in [0.05, 0.1) is 10.7 Å². The van der Waals surface area contributed by atoms with Gasteiger partial charge in [0.1, 0.15) is 0 Å². The molecule has 6 heteroatoms. The van der Waals surface area contributed by atoms with E-state index in [9.17, 15) is 4.79 Å². The lowest BCUT2D eigenvalue weighted by Crippen LogP contribution is -2.53. The Balaban J connectivity index is 1.28. The summed E-state index contributed by atoms with van der Waals surface area (Å²) in [6.07, 6.45) is 4.83. The van der Waals surface area contributed by atoms with E-state index >= 15 is 0 Å². The molecule has 1 aromatic carbocycles. The number of carbonyl (C=O) groups excluding carboxylic acids is 1. The molecule has 1 saturated carbocycles. The van der Waals surface area contributed by atoms with Gasteiger partial charge < -0.3 is 10.2 Å². The first kappa shape index (κ1) is 19.4. The second kappa shape index (κ2) is 8.62. The third kappa shape index (κ3) is 4.39. The number of nitrogens with one attached hydrogen (secondary N) is 1. The van der Waals surface area contributed by atoms with E-state index in [0.717, 1.165) is 62.8 Å². The largest absolute Gasteiger partial charge is 0.337 e. The molecule has 2 amide bonds. The molecule has 150 valence electrons. The van der Waals surface area contributed by atoms with E-state index in [-0.39, 0.29) is 11.4 Å². The highest BCUT2D eigenvalue weighted by Crippen LogP contribution is 2.40. The number of carbonyl (C=O) groups is 1. The molecule has 2 fully saturated rings. The van der Waals surface area contributed by atoms with Crippen LogP contribution in [0.25, 0.3) is 0 Å². The fourth-order valence-corrected chi connectivity index (χ4v) is 5.19. The van der Waals surface area contributed by atoms with Gasteiger partial charge in [0.15, 0.2) is 0 Å². The van der Waals surface area contributed by atoms with Gasteiger partial charge in [-0.1, -0.05) is 43.2 Å². The van der Waals surface area contributed by atoms with Crippen LogP contribution in [0.2, 0.25) is 0 Å². The van der Waals surface area contributed by atoms with Crippen LogP contribution in [0, 0.1) is 6.92 Å². The molecule has 0 unspecified atom stereocenters. The molecule has 4 rings (SSSR count). The third-order valence-corrected chi connectivity index (χ3v) is 7.06. The molecule has 5 nitrogen and oxygen atoms in total. The predicted molar refractivity (Wildman–Crippen MR) is 114 cm³/mol. The van der Waals surface area contributed by atoms with Crippen molar-refractivity contribution in [1.29, 1.82) is 0 Å². The Hall–Kier alpha value is -1.92. The first-order chi connectivity index (χ1) is 13.6. The minimum absolute atomic E-state index is 0.0892. The smallest absolute Gasteiger partial charge is 0.317 e. The number of aryl methyl sites for hydroxylation is 1. The van der Waals surface area contributed by atoms with Crippen molar-refractivity contribution < 1.29 is 4.79 Å². The van der Waals surface area contributed by atoms with Crippen LogP contribution in [0.4, 0.5) is 4.79 Å². The molecular formula is C22H30N4OS. The van der Waals surface area contributed by atoms with Crippen molar-refractivity contribution in [3.05, 3.63) is 52.0 Å². The summed E-state index contributed by atoms with van der Waals surface area (Å²) in [4.78, 5) is 21.7. The fraction of sp³-hybridized carbons (Fsp3) is 0.545. The number of rotatable bonds is 5. The summed E-state index contributed by atoms with van der Waals surface area (Å²) in [5.41, 5.74) is 2.63. The standard InChI is InChI=1S/C22H30N4OS/c1-18-24-20(16-28-18)15-25-11-13-26(14-12-25)21(27)23-17-22(9-5-6-10-22)19-7-3-2-4-8-19/h2-4,7-8,16H,5-6,9-15,17H2,1H3,(H,23,27). The van der Waals surface area contributed by atoms with E-state index in [1.807, 2.05) is 11.8 Å².